The van der Waals surface area contributed by atoms with Crippen LogP contribution in [0.3, 0.4) is 0 Å². The number of anilines is 1. The van der Waals surface area contributed by atoms with Gasteiger partial charge in [0.05, 0.1) is 6.07 Å². The smallest absolute Gasteiger partial charge is 0.0624 e. The summed E-state index contributed by atoms with van der Waals surface area (Å²) in [7, 11) is 0. The number of nitriles is 1. The molecule has 0 bridgehead atoms. The van der Waals surface area contributed by atoms with E-state index < -0.39 is 0 Å². The maximum atomic E-state index is 8.70. The molecule has 0 saturated carbocycles. The molecule has 0 amide bonds. The molecule has 0 N–H and O–H groups in total. The largest absolute Gasteiger partial charge is 0.372 e. The van der Waals surface area contributed by atoms with Crippen LogP contribution in [0, 0.1) is 17.2 Å². The Balaban J connectivity index is 1.93. The van der Waals surface area contributed by atoms with Crippen molar-refractivity contribution in [2.45, 2.75) is 32.6 Å². The summed E-state index contributed by atoms with van der Waals surface area (Å²) >= 11 is 0. The van der Waals surface area contributed by atoms with E-state index >= 15 is 0 Å². The minimum Gasteiger partial charge on any atom is -0.372 e. The molecular formula is C15H20N2. The van der Waals surface area contributed by atoms with E-state index in [0.29, 0.717) is 5.92 Å². The average Bonchev–Trinajstić information content (AvgIpc) is 2.40. The number of nitrogens with zero attached hydrogens (tertiary/aromatic N) is 2. The van der Waals surface area contributed by atoms with Gasteiger partial charge in [-0.2, -0.15) is 5.26 Å². The lowest BCUT2D eigenvalue weighted by atomic mass is 9.94. The minimum absolute atomic E-state index is 0.617. The number of piperidine rings is 1. The first-order valence-corrected chi connectivity index (χ1v) is 6.54. The SMILES string of the molecule is CCc1ccc(N2CCC(CC#N)CC2)cc1. The van der Waals surface area contributed by atoms with Crippen molar-refractivity contribution in [1.29, 1.82) is 5.26 Å². The first-order valence-electron chi connectivity index (χ1n) is 6.54. The molecule has 1 fully saturated rings. The lowest BCUT2D eigenvalue weighted by Crippen LogP contribution is -2.33. The normalized spacial score (nSPS) is 16.8. The zero-order chi connectivity index (χ0) is 12.1. The summed E-state index contributed by atoms with van der Waals surface area (Å²) in [6.45, 7) is 4.37. The molecule has 0 radical (unpaired) electrons. The van der Waals surface area contributed by atoms with Gasteiger partial charge in [-0.15, -0.1) is 0 Å². The molecule has 1 aromatic carbocycles. The number of hydrogen-bond donors (Lipinski definition) is 0. The van der Waals surface area contributed by atoms with Crippen LogP contribution in [0.4, 0.5) is 5.69 Å². The van der Waals surface area contributed by atoms with E-state index in [1.54, 1.807) is 0 Å². The Morgan fingerprint density at radius 2 is 1.88 bits per heavy atom. The van der Waals surface area contributed by atoms with Crippen LogP contribution in [0.25, 0.3) is 0 Å². The van der Waals surface area contributed by atoms with Crippen LogP contribution in [-0.4, -0.2) is 13.1 Å². The zero-order valence-electron chi connectivity index (χ0n) is 10.5. The van der Waals surface area contributed by atoms with Crippen molar-refractivity contribution in [3.8, 4) is 6.07 Å². The molecule has 0 aromatic heterocycles. The summed E-state index contributed by atoms with van der Waals surface area (Å²) in [4.78, 5) is 2.44. The van der Waals surface area contributed by atoms with E-state index in [9.17, 15) is 0 Å². The van der Waals surface area contributed by atoms with Gasteiger partial charge in [0.15, 0.2) is 0 Å². The van der Waals surface area contributed by atoms with Crippen molar-refractivity contribution in [2.24, 2.45) is 5.92 Å². The highest BCUT2D eigenvalue weighted by Gasteiger charge is 2.18. The summed E-state index contributed by atoms with van der Waals surface area (Å²) in [5, 5.41) is 8.70. The number of benzene rings is 1. The lowest BCUT2D eigenvalue weighted by Gasteiger charge is -2.32. The molecule has 17 heavy (non-hydrogen) atoms. The molecule has 1 aliphatic heterocycles. The van der Waals surface area contributed by atoms with Gasteiger partial charge in [0, 0.05) is 25.2 Å². The van der Waals surface area contributed by atoms with Crippen LogP contribution in [0.5, 0.6) is 0 Å². The van der Waals surface area contributed by atoms with E-state index in [0.717, 1.165) is 38.8 Å². The van der Waals surface area contributed by atoms with Gasteiger partial charge in [0.1, 0.15) is 0 Å². The molecule has 0 aliphatic carbocycles. The fourth-order valence-corrected chi connectivity index (χ4v) is 2.47. The molecule has 1 aliphatic rings. The predicted octanol–water partition coefficient (Wildman–Crippen LogP) is 3.38. The van der Waals surface area contributed by atoms with E-state index in [-0.39, 0.29) is 0 Å². The zero-order valence-corrected chi connectivity index (χ0v) is 10.5. The highest BCUT2D eigenvalue weighted by atomic mass is 15.1. The molecule has 0 spiro atoms. The Labute approximate surface area is 104 Å². The second-order valence-electron chi connectivity index (χ2n) is 4.81. The fraction of sp³-hybridized carbons (Fsp3) is 0.533. The van der Waals surface area contributed by atoms with Crippen LogP contribution in [-0.2, 0) is 6.42 Å². The van der Waals surface area contributed by atoms with Crippen LogP contribution >= 0.6 is 0 Å². The van der Waals surface area contributed by atoms with Crippen LogP contribution in [0.15, 0.2) is 24.3 Å². The van der Waals surface area contributed by atoms with Crippen molar-refractivity contribution in [3.05, 3.63) is 29.8 Å². The lowest BCUT2D eigenvalue weighted by molar-refractivity contribution is 0.413. The molecule has 1 saturated heterocycles. The number of hydrogen-bond acceptors (Lipinski definition) is 2. The summed E-state index contributed by atoms with van der Waals surface area (Å²) < 4.78 is 0. The first-order chi connectivity index (χ1) is 8.33. The minimum atomic E-state index is 0.617. The summed E-state index contributed by atoms with van der Waals surface area (Å²) in [5.41, 5.74) is 2.73. The molecular weight excluding hydrogens is 208 g/mol. The Hall–Kier alpha value is -1.49. The standard InChI is InChI=1S/C15H20N2/c1-2-13-3-5-15(6-4-13)17-11-8-14(7-10-16)9-12-17/h3-6,14H,2,7-9,11-12H2,1H3. The van der Waals surface area contributed by atoms with Crippen LogP contribution in [0.1, 0.15) is 31.7 Å². The second-order valence-corrected chi connectivity index (χ2v) is 4.81. The van der Waals surface area contributed by atoms with Crippen molar-refractivity contribution >= 4 is 5.69 Å². The Morgan fingerprint density at radius 1 is 1.24 bits per heavy atom. The third-order valence-electron chi connectivity index (χ3n) is 3.70. The molecule has 90 valence electrons. The highest BCUT2D eigenvalue weighted by Crippen LogP contribution is 2.25. The number of aryl methyl sites for hydroxylation is 1. The van der Waals surface area contributed by atoms with Crippen molar-refractivity contribution in [1.82, 2.24) is 0 Å². The van der Waals surface area contributed by atoms with E-state index in [1.165, 1.54) is 11.3 Å². The predicted molar refractivity (Wildman–Crippen MR) is 71.0 cm³/mol. The highest BCUT2D eigenvalue weighted by molar-refractivity contribution is 5.47. The molecule has 0 atom stereocenters. The topological polar surface area (TPSA) is 27.0 Å². The van der Waals surface area contributed by atoms with Gasteiger partial charge < -0.3 is 4.90 Å². The second kappa shape index (κ2) is 5.72. The Morgan fingerprint density at radius 3 is 2.41 bits per heavy atom. The van der Waals surface area contributed by atoms with Gasteiger partial charge in [-0.1, -0.05) is 19.1 Å². The maximum absolute atomic E-state index is 8.70. The first kappa shape index (κ1) is 12.0. The molecule has 2 nitrogen and oxygen atoms in total. The van der Waals surface area contributed by atoms with E-state index in [4.69, 9.17) is 5.26 Å². The van der Waals surface area contributed by atoms with Gasteiger partial charge in [0.2, 0.25) is 0 Å². The summed E-state index contributed by atoms with van der Waals surface area (Å²) in [6, 6.07) is 11.2. The van der Waals surface area contributed by atoms with Crippen LogP contribution in [0.2, 0.25) is 0 Å². The van der Waals surface area contributed by atoms with Gasteiger partial charge in [-0.05, 0) is 42.9 Å². The maximum Gasteiger partial charge on any atom is 0.0624 e. The molecule has 2 heteroatoms. The summed E-state index contributed by atoms with van der Waals surface area (Å²) in [5.74, 6) is 0.617. The van der Waals surface area contributed by atoms with E-state index in [2.05, 4.69) is 42.2 Å². The third-order valence-corrected chi connectivity index (χ3v) is 3.70. The molecule has 1 heterocycles. The monoisotopic (exact) mass is 228 g/mol. The molecule has 2 rings (SSSR count). The van der Waals surface area contributed by atoms with Crippen molar-refractivity contribution in [3.63, 3.8) is 0 Å². The van der Waals surface area contributed by atoms with Crippen molar-refractivity contribution < 1.29 is 0 Å². The average molecular weight is 228 g/mol. The van der Waals surface area contributed by atoms with Gasteiger partial charge in [-0.3, -0.25) is 0 Å². The van der Waals surface area contributed by atoms with Gasteiger partial charge in [0.25, 0.3) is 0 Å². The Kier molecular flexibility index (Phi) is 4.03. The van der Waals surface area contributed by atoms with Gasteiger partial charge in [-0.25, -0.2) is 0 Å². The van der Waals surface area contributed by atoms with Crippen molar-refractivity contribution in [2.75, 3.05) is 18.0 Å². The third kappa shape index (κ3) is 3.00. The van der Waals surface area contributed by atoms with Crippen LogP contribution < -0.4 is 4.90 Å². The fourth-order valence-electron chi connectivity index (χ4n) is 2.47. The van der Waals surface area contributed by atoms with Gasteiger partial charge >= 0.3 is 0 Å². The quantitative estimate of drug-likeness (QED) is 0.793. The van der Waals surface area contributed by atoms with E-state index in [1.807, 2.05) is 0 Å². The Bertz CT molecular complexity index is 380. The summed E-state index contributed by atoms with van der Waals surface area (Å²) in [6.07, 6.45) is 4.14. The molecule has 1 aromatic rings. The molecule has 0 unspecified atom stereocenters. The number of rotatable bonds is 3.